The molecule has 162 valence electrons. The van der Waals surface area contributed by atoms with Crippen LogP contribution in [0.5, 0.6) is 0 Å². The Balaban J connectivity index is 1.55. The zero-order valence-corrected chi connectivity index (χ0v) is 17.8. The first-order chi connectivity index (χ1) is 15.5. The van der Waals surface area contributed by atoms with Crippen molar-refractivity contribution < 1.29 is 22.4 Å². The lowest BCUT2D eigenvalue weighted by atomic mass is 10.2. The first-order valence-electron chi connectivity index (χ1n) is 9.84. The van der Waals surface area contributed by atoms with E-state index in [1.165, 1.54) is 0 Å². The van der Waals surface area contributed by atoms with Gasteiger partial charge in [0.05, 0.1) is 0 Å². The molecule has 8 heteroatoms. The maximum Gasteiger partial charge on any atom is 0.321 e. The van der Waals surface area contributed by atoms with E-state index < -0.39 is 22.5 Å². The quantitative estimate of drug-likeness (QED) is 0.409. The highest BCUT2D eigenvalue weighted by atomic mass is 32.2. The molecule has 0 bridgehead atoms. The zero-order valence-electron chi connectivity index (χ0n) is 17.0. The molecule has 0 aliphatic rings. The molecule has 0 aliphatic heterocycles. The fourth-order valence-corrected chi connectivity index (χ4v) is 4.03. The second kappa shape index (κ2) is 9.59. The van der Waals surface area contributed by atoms with Crippen molar-refractivity contribution >= 4 is 16.0 Å². The van der Waals surface area contributed by atoms with Crippen LogP contribution in [-0.4, -0.2) is 25.9 Å². The molecule has 1 aromatic heterocycles. The fourth-order valence-electron chi connectivity index (χ4n) is 2.98. The van der Waals surface area contributed by atoms with E-state index in [1.807, 2.05) is 42.5 Å². The summed E-state index contributed by atoms with van der Waals surface area (Å²) in [6, 6.07) is 26.9. The largest absolute Gasteiger partial charge is 0.460 e. The van der Waals surface area contributed by atoms with Crippen LogP contribution in [0, 0.1) is 0 Å². The average Bonchev–Trinajstić information content (AvgIpc) is 3.30. The summed E-state index contributed by atoms with van der Waals surface area (Å²) in [6.45, 7) is -0.476. The minimum Gasteiger partial charge on any atom is -0.460 e. The Labute approximate surface area is 185 Å². The second-order valence-corrected chi connectivity index (χ2v) is 8.54. The molecule has 1 N–H and O–H groups in total. The molecular formula is C24H20N2O5S. The Morgan fingerprint density at radius 3 is 2.03 bits per heavy atom. The first-order valence-corrected chi connectivity index (χ1v) is 11.3. The van der Waals surface area contributed by atoms with Crippen LogP contribution in [0.25, 0.3) is 22.8 Å². The van der Waals surface area contributed by atoms with Crippen molar-refractivity contribution in [2.45, 2.75) is 11.6 Å². The number of hydrogen-bond acceptors (Lipinski definition) is 6. The normalized spacial score (nSPS) is 11.2. The molecule has 32 heavy (non-hydrogen) atoms. The molecule has 0 spiro atoms. The lowest BCUT2D eigenvalue weighted by molar-refractivity contribution is -0.143. The summed E-state index contributed by atoms with van der Waals surface area (Å²) in [5, 5.41) is -0.293. The highest BCUT2D eigenvalue weighted by Crippen LogP contribution is 2.32. The van der Waals surface area contributed by atoms with Gasteiger partial charge in [-0.25, -0.2) is 8.42 Å². The Hall–Kier alpha value is -3.75. The van der Waals surface area contributed by atoms with Crippen LogP contribution in [0.2, 0.25) is 0 Å². The number of nitrogens with one attached hydrogen (secondary N) is 1. The van der Waals surface area contributed by atoms with Crippen LogP contribution in [0.4, 0.5) is 0 Å². The number of sulfonamides is 1. The average molecular weight is 449 g/mol. The first kappa shape index (κ1) is 21.5. The number of benzene rings is 3. The van der Waals surface area contributed by atoms with Gasteiger partial charge in [-0.15, -0.1) is 0 Å². The van der Waals surface area contributed by atoms with Gasteiger partial charge in [0, 0.05) is 11.1 Å². The number of oxazole rings is 1. The number of carbonyl (C=O) groups is 1. The molecule has 0 saturated carbocycles. The Morgan fingerprint density at radius 2 is 1.41 bits per heavy atom. The predicted molar refractivity (Wildman–Crippen MR) is 119 cm³/mol. The van der Waals surface area contributed by atoms with Crippen LogP contribution in [0.15, 0.2) is 100 Å². The van der Waals surface area contributed by atoms with Crippen LogP contribution >= 0.6 is 0 Å². The molecular weight excluding hydrogens is 428 g/mol. The van der Waals surface area contributed by atoms with Crippen LogP contribution in [0.1, 0.15) is 5.56 Å². The monoisotopic (exact) mass is 448 g/mol. The number of rotatable bonds is 8. The number of ether oxygens (including phenoxy) is 1. The topological polar surface area (TPSA) is 98.5 Å². The van der Waals surface area contributed by atoms with Crippen molar-refractivity contribution in [2.24, 2.45) is 0 Å². The van der Waals surface area contributed by atoms with Crippen molar-refractivity contribution in [3.05, 3.63) is 96.6 Å². The maximum absolute atomic E-state index is 13.0. The van der Waals surface area contributed by atoms with E-state index in [1.54, 1.807) is 48.5 Å². The lowest BCUT2D eigenvalue weighted by Crippen LogP contribution is -2.31. The molecule has 0 atom stereocenters. The Kier molecular flexibility index (Phi) is 6.44. The van der Waals surface area contributed by atoms with Gasteiger partial charge in [0.1, 0.15) is 13.2 Å². The maximum atomic E-state index is 13.0. The fraction of sp³-hybridized carbons (Fsp3) is 0.0833. The molecule has 0 fully saturated rings. The van der Waals surface area contributed by atoms with Crippen LogP contribution < -0.4 is 4.72 Å². The number of nitrogens with zero attached hydrogens (tertiary/aromatic N) is 1. The molecule has 0 aliphatic carbocycles. The Morgan fingerprint density at radius 1 is 0.844 bits per heavy atom. The number of aromatic nitrogens is 1. The third-order valence-corrected chi connectivity index (χ3v) is 5.87. The van der Waals surface area contributed by atoms with E-state index in [-0.39, 0.29) is 23.3 Å². The summed E-state index contributed by atoms with van der Waals surface area (Å²) in [7, 11) is -4.16. The van der Waals surface area contributed by atoms with Crippen molar-refractivity contribution in [1.29, 1.82) is 0 Å². The predicted octanol–water partition coefficient (Wildman–Crippen LogP) is 4.03. The van der Waals surface area contributed by atoms with Gasteiger partial charge < -0.3 is 9.15 Å². The number of hydrogen-bond donors (Lipinski definition) is 1. The third-order valence-electron chi connectivity index (χ3n) is 4.56. The van der Waals surface area contributed by atoms with Crippen LogP contribution in [0.3, 0.4) is 0 Å². The summed E-state index contributed by atoms with van der Waals surface area (Å²) >= 11 is 0. The van der Waals surface area contributed by atoms with E-state index in [4.69, 9.17) is 9.15 Å². The van der Waals surface area contributed by atoms with Gasteiger partial charge in [0.15, 0.2) is 5.76 Å². The third kappa shape index (κ3) is 5.11. The Bertz CT molecular complexity index is 1290. The highest BCUT2D eigenvalue weighted by molar-refractivity contribution is 7.89. The molecule has 4 aromatic rings. The van der Waals surface area contributed by atoms with Crippen molar-refractivity contribution in [3.63, 3.8) is 0 Å². The number of carbonyl (C=O) groups excluding carboxylic acids is 1. The summed E-state index contributed by atoms with van der Waals surface area (Å²) in [6.07, 6.45) is 0. The standard InChI is InChI=1S/C24H20N2O5S/c27-21(30-17-18-10-4-1-5-11-18)16-25-32(28,29)24-22(19-12-6-2-7-13-19)31-23(26-24)20-14-8-3-9-15-20/h1-15,25H,16-17H2. The van der Waals surface area contributed by atoms with Gasteiger partial charge in [-0.05, 0) is 17.7 Å². The van der Waals surface area contributed by atoms with E-state index in [2.05, 4.69) is 9.71 Å². The minimum absolute atomic E-state index is 0.0543. The molecule has 0 amide bonds. The summed E-state index contributed by atoms with van der Waals surface area (Å²) in [4.78, 5) is 16.3. The molecule has 4 rings (SSSR count). The van der Waals surface area contributed by atoms with Gasteiger partial charge in [-0.2, -0.15) is 9.71 Å². The van der Waals surface area contributed by atoms with Gasteiger partial charge in [-0.1, -0.05) is 78.9 Å². The number of esters is 1. The smallest absolute Gasteiger partial charge is 0.321 e. The van der Waals surface area contributed by atoms with Gasteiger partial charge in [0.25, 0.3) is 10.0 Å². The van der Waals surface area contributed by atoms with Gasteiger partial charge in [0.2, 0.25) is 10.9 Å². The van der Waals surface area contributed by atoms with E-state index in [0.29, 0.717) is 11.1 Å². The van der Waals surface area contributed by atoms with Crippen molar-refractivity contribution in [2.75, 3.05) is 6.54 Å². The lowest BCUT2D eigenvalue weighted by Gasteiger charge is -2.07. The molecule has 1 heterocycles. The van der Waals surface area contributed by atoms with E-state index in [0.717, 1.165) is 5.56 Å². The summed E-state index contributed by atoms with van der Waals surface area (Å²) < 4.78 is 39.3. The summed E-state index contributed by atoms with van der Waals surface area (Å²) in [5.41, 5.74) is 1.99. The highest BCUT2D eigenvalue weighted by Gasteiger charge is 2.28. The molecule has 3 aromatic carbocycles. The summed E-state index contributed by atoms with van der Waals surface area (Å²) in [5.74, 6) is -0.448. The minimum atomic E-state index is -4.16. The molecule has 0 unspecified atom stereocenters. The molecule has 7 nitrogen and oxygen atoms in total. The van der Waals surface area contributed by atoms with E-state index in [9.17, 15) is 13.2 Å². The van der Waals surface area contributed by atoms with Crippen molar-refractivity contribution in [1.82, 2.24) is 9.71 Å². The van der Waals surface area contributed by atoms with Gasteiger partial charge >= 0.3 is 5.97 Å². The van der Waals surface area contributed by atoms with Crippen LogP contribution in [-0.2, 0) is 26.2 Å². The molecule has 0 radical (unpaired) electrons. The second-order valence-electron chi connectivity index (χ2n) is 6.86. The molecule has 0 saturated heterocycles. The SMILES string of the molecule is O=C(CNS(=O)(=O)c1nc(-c2ccccc2)oc1-c1ccccc1)OCc1ccccc1. The zero-order chi connectivity index (χ0) is 22.4. The van der Waals surface area contributed by atoms with E-state index >= 15 is 0 Å². The van der Waals surface area contributed by atoms with Gasteiger partial charge in [-0.3, -0.25) is 4.79 Å². The van der Waals surface area contributed by atoms with Crippen molar-refractivity contribution in [3.8, 4) is 22.8 Å².